The highest BCUT2D eigenvalue weighted by atomic mass is 32.2. The molecule has 2 aromatic rings. The zero-order valence-corrected chi connectivity index (χ0v) is 10.7. The van der Waals surface area contributed by atoms with Crippen LogP contribution < -0.4 is 11.3 Å². The second-order valence-electron chi connectivity index (χ2n) is 3.35. The summed E-state index contributed by atoms with van der Waals surface area (Å²) in [7, 11) is 0. The maximum atomic E-state index is 11.5. The third-order valence-electron chi connectivity index (χ3n) is 2.22. The molecule has 0 saturated carbocycles. The Bertz CT molecular complexity index is 496. The van der Waals surface area contributed by atoms with E-state index in [1.165, 1.54) is 16.2 Å². The fourth-order valence-electron chi connectivity index (χ4n) is 1.39. The van der Waals surface area contributed by atoms with E-state index in [4.69, 9.17) is 5.84 Å². The molecule has 0 aliphatic carbocycles. The Kier molecular flexibility index (Phi) is 4.19. The summed E-state index contributed by atoms with van der Waals surface area (Å²) in [5.74, 6) is 5.69. The summed E-state index contributed by atoms with van der Waals surface area (Å²) >= 11 is 3.12. The molecule has 0 spiro atoms. The molecule has 17 heavy (non-hydrogen) atoms. The van der Waals surface area contributed by atoms with Gasteiger partial charge in [-0.05, 0) is 29.1 Å². The molecule has 1 aromatic carbocycles. The first-order valence-corrected chi connectivity index (χ1v) is 6.93. The van der Waals surface area contributed by atoms with Gasteiger partial charge in [-0.15, -0.1) is 23.1 Å². The molecule has 88 valence electrons. The number of benzene rings is 1. The number of thioether (sulfide) groups is 1. The SMILES string of the molecule is NNC(=O)c1sccc1CSc1ccccc1. The first-order chi connectivity index (χ1) is 8.31. The highest BCUT2D eigenvalue weighted by Crippen LogP contribution is 2.26. The maximum absolute atomic E-state index is 11.5. The zero-order valence-electron chi connectivity index (χ0n) is 9.05. The van der Waals surface area contributed by atoms with Crippen LogP contribution in [-0.2, 0) is 5.75 Å². The molecule has 0 aliphatic rings. The van der Waals surface area contributed by atoms with Crippen molar-refractivity contribution in [2.45, 2.75) is 10.6 Å². The molecule has 2 rings (SSSR count). The van der Waals surface area contributed by atoms with Gasteiger partial charge in [0.25, 0.3) is 5.91 Å². The minimum atomic E-state index is -0.219. The largest absolute Gasteiger partial charge is 0.289 e. The molecular weight excluding hydrogens is 252 g/mol. The van der Waals surface area contributed by atoms with E-state index >= 15 is 0 Å². The van der Waals surface area contributed by atoms with Crippen LogP contribution in [-0.4, -0.2) is 5.91 Å². The van der Waals surface area contributed by atoms with Crippen LogP contribution in [0.15, 0.2) is 46.7 Å². The van der Waals surface area contributed by atoms with Crippen LogP contribution in [0.25, 0.3) is 0 Å². The summed E-state index contributed by atoms with van der Waals surface area (Å²) in [4.78, 5) is 13.4. The second-order valence-corrected chi connectivity index (χ2v) is 5.32. The number of nitrogens with two attached hydrogens (primary N) is 1. The van der Waals surface area contributed by atoms with Crippen molar-refractivity contribution in [1.29, 1.82) is 0 Å². The summed E-state index contributed by atoms with van der Waals surface area (Å²) in [6.45, 7) is 0. The lowest BCUT2D eigenvalue weighted by Gasteiger charge is -2.02. The maximum Gasteiger partial charge on any atom is 0.275 e. The van der Waals surface area contributed by atoms with Gasteiger partial charge in [0, 0.05) is 10.6 Å². The van der Waals surface area contributed by atoms with E-state index in [9.17, 15) is 4.79 Å². The van der Waals surface area contributed by atoms with Crippen molar-refractivity contribution in [3.8, 4) is 0 Å². The monoisotopic (exact) mass is 264 g/mol. The quantitative estimate of drug-likeness (QED) is 0.386. The van der Waals surface area contributed by atoms with Gasteiger partial charge < -0.3 is 0 Å². The number of carbonyl (C=O) groups excluding carboxylic acids is 1. The van der Waals surface area contributed by atoms with E-state index < -0.39 is 0 Å². The Morgan fingerprint density at radius 1 is 1.29 bits per heavy atom. The summed E-state index contributed by atoms with van der Waals surface area (Å²) in [5, 5.41) is 1.91. The number of hydrogen-bond acceptors (Lipinski definition) is 4. The van der Waals surface area contributed by atoms with Crippen LogP contribution in [0.4, 0.5) is 0 Å². The summed E-state index contributed by atoms with van der Waals surface area (Å²) in [6.07, 6.45) is 0. The molecule has 1 heterocycles. The predicted octanol–water partition coefficient (Wildman–Crippen LogP) is 2.64. The predicted molar refractivity (Wildman–Crippen MR) is 72.0 cm³/mol. The molecule has 3 nitrogen and oxygen atoms in total. The second kappa shape index (κ2) is 5.86. The van der Waals surface area contributed by atoms with E-state index in [1.807, 2.05) is 29.6 Å². The van der Waals surface area contributed by atoms with Crippen LogP contribution in [0.1, 0.15) is 15.2 Å². The summed E-state index contributed by atoms with van der Waals surface area (Å²) in [6, 6.07) is 12.1. The number of amides is 1. The molecule has 0 atom stereocenters. The Labute approximate surface area is 108 Å². The van der Waals surface area contributed by atoms with Gasteiger partial charge in [0.15, 0.2) is 0 Å². The number of carbonyl (C=O) groups is 1. The molecule has 1 aromatic heterocycles. The third kappa shape index (κ3) is 3.09. The zero-order chi connectivity index (χ0) is 12.1. The van der Waals surface area contributed by atoms with Crippen molar-refractivity contribution in [2.24, 2.45) is 5.84 Å². The molecule has 3 N–H and O–H groups in total. The molecule has 1 amide bonds. The van der Waals surface area contributed by atoms with Gasteiger partial charge in [0.1, 0.15) is 0 Å². The number of hydrogen-bond donors (Lipinski definition) is 2. The van der Waals surface area contributed by atoms with Gasteiger partial charge in [-0.1, -0.05) is 18.2 Å². The minimum absolute atomic E-state index is 0.219. The molecule has 0 aliphatic heterocycles. The fraction of sp³-hybridized carbons (Fsp3) is 0.0833. The van der Waals surface area contributed by atoms with Crippen molar-refractivity contribution in [3.63, 3.8) is 0 Å². The number of thiophene rings is 1. The highest BCUT2D eigenvalue weighted by Gasteiger charge is 2.11. The molecule has 0 unspecified atom stereocenters. The van der Waals surface area contributed by atoms with Crippen LogP contribution >= 0.6 is 23.1 Å². The van der Waals surface area contributed by atoms with Crippen molar-refractivity contribution in [1.82, 2.24) is 5.43 Å². The van der Waals surface area contributed by atoms with Crippen molar-refractivity contribution < 1.29 is 4.79 Å². The van der Waals surface area contributed by atoms with E-state index in [-0.39, 0.29) is 5.91 Å². The topological polar surface area (TPSA) is 55.1 Å². The molecule has 0 radical (unpaired) electrons. The molecule has 0 bridgehead atoms. The summed E-state index contributed by atoms with van der Waals surface area (Å²) < 4.78 is 0. The van der Waals surface area contributed by atoms with Gasteiger partial charge >= 0.3 is 0 Å². The van der Waals surface area contributed by atoms with Crippen molar-refractivity contribution in [2.75, 3.05) is 0 Å². The Balaban J connectivity index is 2.05. The molecular formula is C12H12N2OS2. The fourth-order valence-corrected chi connectivity index (χ4v) is 3.22. The average molecular weight is 264 g/mol. The first kappa shape index (κ1) is 12.2. The number of nitrogens with one attached hydrogen (secondary N) is 1. The Morgan fingerprint density at radius 2 is 2.06 bits per heavy atom. The lowest BCUT2D eigenvalue weighted by molar-refractivity contribution is 0.0957. The minimum Gasteiger partial charge on any atom is -0.289 e. The standard InChI is InChI=1S/C12H12N2OS2/c13-14-12(15)11-9(6-7-16-11)8-17-10-4-2-1-3-5-10/h1-7H,8,13H2,(H,14,15). The molecule has 5 heteroatoms. The van der Waals surface area contributed by atoms with Crippen molar-refractivity contribution in [3.05, 3.63) is 52.2 Å². The smallest absolute Gasteiger partial charge is 0.275 e. The van der Waals surface area contributed by atoms with Crippen LogP contribution in [0.2, 0.25) is 0 Å². The van der Waals surface area contributed by atoms with Gasteiger partial charge in [-0.25, -0.2) is 5.84 Å². The van der Waals surface area contributed by atoms with Crippen LogP contribution in [0, 0.1) is 0 Å². The van der Waals surface area contributed by atoms with E-state index in [1.54, 1.807) is 11.8 Å². The van der Waals surface area contributed by atoms with Crippen molar-refractivity contribution >= 4 is 29.0 Å². The van der Waals surface area contributed by atoms with E-state index in [2.05, 4.69) is 17.6 Å². The molecule has 0 saturated heterocycles. The lowest BCUT2D eigenvalue weighted by atomic mass is 10.3. The van der Waals surface area contributed by atoms with Crippen LogP contribution in [0.5, 0.6) is 0 Å². The van der Waals surface area contributed by atoms with Gasteiger partial charge in [-0.3, -0.25) is 10.2 Å². The molecule has 0 fully saturated rings. The van der Waals surface area contributed by atoms with E-state index in [0.717, 1.165) is 11.3 Å². The first-order valence-electron chi connectivity index (χ1n) is 5.06. The normalized spacial score (nSPS) is 10.2. The van der Waals surface area contributed by atoms with Crippen LogP contribution in [0.3, 0.4) is 0 Å². The average Bonchev–Trinajstić information content (AvgIpc) is 2.85. The van der Waals surface area contributed by atoms with Gasteiger partial charge in [-0.2, -0.15) is 0 Å². The van der Waals surface area contributed by atoms with Gasteiger partial charge in [0.2, 0.25) is 0 Å². The lowest BCUT2D eigenvalue weighted by Crippen LogP contribution is -2.29. The van der Waals surface area contributed by atoms with E-state index in [0.29, 0.717) is 4.88 Å². The number of hydrazine groups is 1. The third-order valence-corrected chi connectivity index (χ3v) is 4.24. The Hall–Kier alpha value is -1.30. The number of rotatable bonds is 4. The summed E-state index contributed by atoms with van der Waals surface area (Å²) in [5.41, 5.74) is 3.19. The van der Waals surface area contributed by atoms with Gasteiger partial charge in [0.05, 0.1) is 4.88 Å². The highest BCUT2D eigenvalue weighted by molar-refractivity contribution is 7.98. The number of nitrogen functional groups attached to an aromatic ring is 1. The Morgan fingerprint density at radius 3 is 2.76 bits per heavy atom.